The molecule has 0 aliphatic heterocycles. The van der Waals surface area contributed by atoms with Gasteiger partial charge in [-0.2, -0.15) is 5.26 Å². The number of ether oxygens (including phenoxy) is 3. The molecule has 1 N–H and O–H groups in total. The largest absolute Gasteiger partial charge is 0.493 e. The van der Waals surface area contributed by atoms with Crippen LogP contribution in [0.25, 0.3) is 6.08 Å². The molecule has 3 aromatic rings. The van der Waals surface area contributed by atoms with Gasteiger partial charge in [0.1, 0.15) is 35.6 Å². The highest BCUT2D eigenvalue weighted by Gasteiger charge is 2.14. The van der Waals surface area contributed by atoms with Crippen LogP contribution in [-0.2, 0) is 11.2 Å². The van der Waals surface area contributed by atoms with E-state index < -0.39 is 5.91 Å². The third-order valence-corrected chi connectivity index (χ3v) is 5.83. The molecule has 0 bridgehead atoms. The molecule has 8 nitrogen and oxygen atoms in total. The summed E-state index contributed by atoms with van der Waals surface area (Å²) in [4.78, 5) is 12.5. The van der Waals surface area contributed by atoms with E-state index in [9.17, 15) is 10.1 Å². The van der Waals surface area contributed by atoms with Gasteiger partial charge >= 0.3 is 0 Å². The number of benzene rings is 2. The topological polar surface area (TPSA) is 106 Å². The quantitative estimate of drug-likeness (QED) is 0.255. The van der Waals surface area contributed by atoms with Gasteiger partial charge < -0.3 is 14.2 Å². The monoisotopic (exact) mass is 478 g/mol. The van der Waals surface area contributed by atoms with E-state index in [1.54, 1.807) is 18.2 Å². The van der Waals surface area contributed by atoms with Crippen LogP contribution >= 0.6 is 11.3 Å². The molecule has 34 heavy (non-hydrogen) atoms. The minimum Gasteiger partial charge on any atom is -0.493 e. The summed E-state index contributed by atoms with van der Waals surface area (Å²) in [5.74, 6) is 1.33. The summed E-state index contributed by atoms with van der Waals surface area (Å²) >= 11 is 1.28. The standard InChI is InChI=1S/C25H26N4O4S/c1-5-22-28-29-25(34-22)27-24(30)19(15-26)13-18-9-10-20(21(14-18)31-4)32-11-12-33-23-16(2)7-6-8-17(23)3/h6-10,13-14H,5,11-12H2,1-4H3,(H,27,29,30)/b19-13+. The number of anilines is 1. The number of hydrogen-bond acceptors (Lipinski definition) is 8. The Balaban J connectivity index is 1.64. The molecular weight excluding hydrogens is 452 g/mol. The van der Waals surface area contributed by atoms with Crippen molar-refractivity contribution in [1.29, 1.82) is 5.26 Å². The van der Waals surface area contributed by atoms with E-state index >= 15 is 0 Å². The van der Waals surface area contributed by atoms with Crippen LogP contribution in [-0.4, -0.2) is 36.4 Å². The number of nitrogens with zero attached hydrogens (tertiary/aromatic N) is 3. The van der Waals surface area contributed by atoms with Crippen LogP contribution in [0.1, 0.15) is 28.6 Å². The lowest BCUT2D eigenvalue weighted by molar-refractivity contribution is -0.112. The molecule has 0 spiro atoms. The molecule has 0 atom stereocenters. The van der Waals surface area contributed by atoms with Gasteiger partial charge in [-0.25, -0.2) is 0 Å². The summed E-state index contributed by atoms with van der Waals surface area (Å²) < 4.78 is 17.1. The third-order valence-electron chi connectivity index (χ3n) is 4.85. The van der Waals surface area contributed by atoms with Gasteiger partial charge in [0, 0.05) is 0 Å². The summed E-state index contributed by atoms with van der Waals surface area (Å²) in [6.07, 6.45) is 2.20. The number of rotatable bonds is 10. The van der Waals surface area contributed by atoms with Crippen LogP contribution in [0.2, 0.25) is 0 Å². The first kappa shape index (κ1) is 24.7. The zero-order valence-corrected chi connectivity index (χ0v) is 20.4. The van der Waals surface area contributed by atoms with E-state index in [1.165, 1.54) is 24.5 Å². The zero-order chi connectivity index (χ0) is 24.5. The molecule has 0 saturated carbocycles. The van der Waals surface area contributed by atoms with Crippen molar-refractivity contribution in [3.63, 3.8) is 0 Å². The number of hydrogen-bond donors (Lipinski definition) is 1. The Bertz CT molecular complexity index is 1210. The van der Waals surface area contributed by atoms with Gasteiger partial charge in [0.05, 0.1) is 7.11 Å². The molecule has 3 rings (SSSR count). The molecule has 0 aliphatic rings. The molecule has 1 amide bonds. The Morgan fingerprint density at radius 3 is 2.50 bits per heavy atom. The number of amides is 1. The first-order valence-corrected chi connectivity index (χ1v) is 11.5. The molecule has 1 heterocycles. The van der Waals surface area contributed by atoms with Gasteiger partial charge in [0.2, 0.25) is 5.13 Å². The van der Waals surface area contributed by atoms with E-state index in [4.69, 9.17) is 14.2 Å². The number of methoxy groups -OCH3 is 1. The van der Waals surface area contributed by atoms with E-state index in [-0.39, 0.29) is 5.57 Å². The average molecular weight is 479 g/mol. The lowest BCUT2D eigenvalue weighted by Gasteiger charge is -2.14. The van der Waals surface area contributed by atoms with Crippen molar-refractivity contribution in [3.8, 4) is 23.3 Å². The lowest BCUT2D eigenvalue weighted by Crippen LogP contribution is -2.13. The minimum atomic E-state index is -0.552. The fourth-order valence-electron chi connectivity index (χ4n) is 3.14. The number of carbonyl (C=O) groups is 1. The molecule has 0 unspecified atom stereocenters. The van der Waals surface area contributed by atoms with Gasteiger partial charge in [-0.1, -0.05) is 42.5 Å². The number of carbonyl (C=O) groups excluding carboxylic acids is 1. The highest BCUT2D eigenvalue weighted by Crippen LogP contribution is 2.29. The maximum absolute atomic E-state index is 12.5. The van der Waals surface area contributed by atoms with Crippen LogP contribution in [0.15, 0.2) is 42.0 Å². The molecule has 1 aromatic heterocycles. The molecule has 176 valence electrons. The van der Waals surface area contributed by atoms with Crippen LogP contribution < -0.4 is 19.5 Å². The van der Waals surface area contributed by atoms with Crippen molar-refractivity contribution < 1.29 is 19.0 Å². The summed E-state index contributed by atoms with van der Waals surface area (Å²) in [5.41, 5.74) is 2.70. The first-order valence-electron chi connectivity index (χ1n) is 10.7. The summed E-state index contributed by atoms with van der Waals surface area (Å²) in [6, 6.07) is 13.1. The molecule has 0 aliphatic carbocycles. The average Bonchev–Trinajstić information content (AvgIpc) is 3.29. The van der Waals surface area contributed by atoms with Crippen molar-refractivity contribution in [3.05, 3.63) is 63.7 Å². The van der Waals surface area contributed by atoms with Gasteiger partial charge in [0.15, 0.2) is 11.5 Å². The van der Waals surface area contributed by atoms with Crippen molar-refractivity contribution in [2.75, 3.05) is 25.6 Å². The molecule has 2 aromatic carbocycles. The van der Waals surface area contributed by atoms with Gasteiger partial charge in [-0.3, -0.25) is 10.1 Å². The summed E-state index contributed by atoms with van der Waals surface area (Å²) in [5, 5.41) is 21.1. The molecule has 0 saturated heterocycles. The summed E-state index contributed by atoms with van der Waals surface area (Å²) in [6.45, 7) is 6.66. The maximum atomic E-state index is 12.5. The van der Waals surface area contributed by atoms with Gasteiger partial charge in [-0.15, -0.1) is 10.2 Å². The number of nitriles is 1. The SMILES string of the molecule is CCc1nnc(NC(=O)/C(C#N)=C/c2ccc(OCCOc3c(C)cccc3C)c(OC)c2)s1. The van der Waals surface area contributed by atoms with Crippen LogP contribution in [0.4, 0.5) is 5.13 Å². The fourth-order valence-corrected chi connectivity index (χ4v) is 3.82. The Labute approximate surface area is 202 Å². The maximum Gasteiger partial charge on any atom is 0.268 e. The number of aryl methyl sites for hydroxylation is 3. The molecule has 0 fully saturated rings. The lowest BCUT2D eigenvalue weighted by atomic mass is 10.1. The minimum absolute atomic E-state index is 0.0639. The highest BCUT2D eigenvalue weighted by atomic mass is 32.1. The zero-order valence-electron chi connectivity index (χ0n) is 19.5. The first-order chi connectivity index (χ1) is 16.4. The molecular formula is C25H26N4O4S. The Morgan fingerprint density at radius 1 is 1.12 bits per heavy atom. The van der Waals surface area contributed by atoms with Gasteiger partial charge in [-0.05, 0) is 55.2 Å². The number of para-hydroxylation sites is 1. The Morgan fingerprint density at radius 2 is 1.85 bits per heavy atom. The second-order valence-corrected chi connectivity index (χ2v) is 8.37. The summed E-state index contributed by atoms with van der Waals surface area (Å²) in [7, 11) is 1.53. The van der Waals surface area contributed by atoms with Crippen LogP contribution in [0.5, 0.6) is 17.2 Å². The predicted octanol–water partition coefficient (Wildman–Crippen LogP) is 4.73. The van der Waals surface area contributed by atoms with Crippen molar-refractivity contribution in [2.45, 2.75) is 27.2 Å². The molecule has 9 heteroatoms. The second-order valence-electron chi connectivity index (χ2n) is 7.31. The number of aromatic nitrogens is 2. The van der Waals surface area contributed by atoms with Gasteiger partial charge in [0.25, 0.3) is 5.91 Å². The van der Waals surface area contributed by atoms with Crippen LogP contribution in [0, 0.1) is 25.2 Å². The predicted molar refractivity (Wildman–Crippen MR) is 131 cm³/mol. The third kappa shape index (κ3) is 6.33. The van der Waals surface area contributed by atoms with Crippen molar-refractivity contribution in [1.82, 2.24) is 10.2 Å². The van der Waals surface area contributed by atoms with Crippen molar-refractivity contribution >= 4 is 28.5 Å². The number of nitrogens with one attached hydrogen (secondary N) is 1. The Hall–Kier alpha value is -3.90. The molecule has 0 radical (unpaired) electrons. The fraction of sp³-hybridized carbons (Fsp3) is 0.280. The normalized spacial score (nSPS) is 11.0. The van der Waals surface area contributed by atoms with Crippen LogP contribution in [0.3, 0.4) is 0 Å². The van der Waals surface area contributed by atoms with E-state index in [0.29, 0.717) is 35.4 Å². The van der Waals surface area contributed by atoms with E-state index in [1.807, 2.05) is 45.0 Å². The van der Waals surface area contributed by atoms with E-state index in [0.717, 1.165) is 28.3 Å². The van der Waals surface area contributed by atoms with E-state index in [2.05, 4.69) is 15.5 Å². The smallest absolute Gasteiger partial charge is 0.268 e. The highest BCUT2D eigenvalue weighted by molar-refractivity contribution is 7.15. The second kappa shape index (κ2) is 11.8. The van der Waals surface area contributed by atoms with Crippen molar-refractivity contribution in [2.24, 2.45) is 0 Å². The Kier molecular flexibility index (Phi) is 8.60.